The fourth-order valence-corrected chi connectivity index (χ4v) is 1.86. The molecule has 120 valence electrons. The maximum atomic E-state index is 12.6. The molecule has 0 aliphatic heterocycles. The van der Waals surface area contributed by atoms with Crippen molar-refractivity contribution in [2.24, 2.45) is 0 Å². The second-order valence-corrected chi connectivity index (χ2v) is 4.97. The summed E-state index contributed by atoms with van der Waals surface area (Å²) >= 11 is 0. The zero-order valence-corrected chi connectivity index (χ0v) is 11.7. The van der Waals surface area contributed by atoms with E-state index in [0.29, 0.717) is 6.42 Å². The van der Waals surface area contributed by atoms with E-state index in [1.807, 2.05) is 0 Å². The standard InChI is InChI=1S/C14H20F3NO3/c1-2-13(8-19,9-20)18-7-12(21)10-4-3-5-11(6-10)14(15,16)17/h3-6,12,18-21H,2,7-9H2,1H3. The van der Waals surface area contributed by atoms with E-state index >= 15 is 0 Å². The fraction of sp³-hybridized carbons (Fsp3) is 0.571. The SMILES string of the molecule is CCC(CO)(CO)NCC(O)c1cccc(C(F)(F)F)c1. The van der Waals surface area contributed by atoms with Gasteiger partial charge in [-0.05, 0) is 24.1 Å². The average Bonchev–Trinajstić information content (AvgIpc) is 2.48. The maximum Gasteiger partial charge on any atom is 0.416 e. The van der Waals surface area contributed by atoms with Crippen LogP contribution < -0.4 is 5.32 Å². The van der Waals surface area contributed by atoms with E-state index in [4.69, 9.17) is 0 Å². The highest BCUT2D eigenvalue weighted by atomic mass is 19.4. The summed E-state index contributed by atoms with van der Waals surface area (Å²) in [5.74, 6) is 0. The van der Waals surface area contributed by atoms with Crippen LogP contribution in [-0.2, 0) is 6.18 Å². The lowest BCUT2D eigenvalue weighted by Gasteiger charge is -2.31. The Labute approximate surface area is 121 Å². The molecule has 4 N–H and O–H groups in total. The summed E-state index contributed by atoms with van der Waals surface area (Å²) < 4.78 is 37.8. The van der Waals surface area contributed by atoms with Crippen molar-refractivity contribution in [3.63, 3.8) is 0 Å². The first kappa shape index (κ1) is 17.9. The van der Waals surface area contributed by atoms with Gasteiger partial charge in [0.25, 0.3) is 0 Å². The number of β-amino-alcohol motifs (C(OH)–C–C–N with tert-alkyl or cyclic N) is 1. The first-order valence-corrected chi connectivity index (χ1v) is 6.60. The summed E-state index contributed by atoms with van der Waals surface area (Å²) in [7, 11) is 0. The molecule has 0 aromatic heterocycles. The molecular formula is C14H20F3NO3. The Kier molecular flexibility index (Phi) is 6.15. The zero-order chi connectivity index (χ0) is 16.1. The van der Waals surface area contributed by atoms with Crippen molar-refractivity contribution in [1.29, 1.82) is 0 Å². The van der Waals surface area contributed by atoms with Crippen molar-refractivity contribution in [3.05, 3.63) is 35.4 Å². The molecular weight excluding hydrogens is 287 g/mol. The quantitative estimate of drug-likeness (QED) is 0.615. The van der Waals surface area contributed by atoms with Crippen molar-refractivity contribution in [1.82, 2.24) is 5.32 Å². The van der Waals surface area contributed by atoms with Crippen molar-refractivity contribution in [2.45, 2.75) is 31.2 Å². The molecule has 0 aliphatic rings. The molecule has 0 saturated carbocycles. The lowest BCUT2D eigenvalue weighted by molar-refractivity contribution is -0.137. The molecule has 1 atom stereocenters. The van der Waals surface area contributed by atoms with Crippen LogP contribution in [-0.4, -0.2) is 40.6 Å². The second-order valence-electron chi connectivity index (χ2n) is 4.97. The Morgan fingerprint density at radius 3 is 2.29 bits per heavy atom. The van der Waals surface area contributed by atoms with Crippen molar-refractivity contribution in [3.8, 4) is 0 Å². The predicted octanol–water partition coefficient (Wildman–Crippen LogP) is 1.46. The third-order valence-electron chi connectivity index (χ3n) is 3.55. The monoisotopic (exact) mass is 307 g/mol. The Bertz CT molecular complexity index is 439. The van der Waals surface area contributed by atoms with Crippen LogP contribution in [0.4, 0.5) is 13.2 Å². The number of nitrogens with one attached hydrogen (secondary N) is 1. The number of halogens is 3. The van der Waals surface area contributed by atoms with Crippen LogP contribution in [0.5, 0.6) is 0 Å². The van der Waals surface area contributed by atoms with Crippen molar-refractivity contribution < 1.29 is 28.5 Å². The molecule has 0 aliphatic carbocycles. The Morgan fingerprint density at radius 1 is 1.19 bits per heavy atom. The van der Waals surface area contributed by atoms with Gasteiger partial charge in [0.05, 0.1) is 30.4 Å². The van der Waals surface area contributed by atoms with Crippen LogP contribution in [0, 0.1) is 0 Å². The van der Waals surface area contributed by atoms with Crippen molar-refractivity contribution in [2.75, 3.05) is 19.8 Å². The minimum atomic E-state index is -4.47. The van der Waals surface area contributed by atoms with E-state index in [1.165, 1.54) is 12.1 Å². The smallest absolute Gasteiger partial charge is 0.394 e. The summed E-state index contributed by atoms with van der Waals surface area (Å²) in [5.41, 5.74) is -1.66. The van der Waals surface area contributed by atoms with Gasteiger partial charge in [-0.2, -0.15) is 13.2 Å². The Balaban J connectivity index is 2.78. The molecule has 0 bridgehead atoms. The summed E-state index contributed by atoms with van der Waals surface area (Å²) in [6, 6.07) is 4.44. The molecule has 0 heterocycles. The molecule has 21 heavy (non-hydrogen) atoms. The van der Waals surface area contributed by atoms with Gasteiger partial charge >= 0.3 is 6.18 Å². The predicted molar refractivity (Wildman–Crippen MR) is 71.6 cm³/mol. The average molecular weight is 307 g/mol. The highest BCUT2D eigenvalue weighted by molar-refractivity contribution is 5.27. The van der Waals surface area contributed by atoms with E-state index in [2.05, 4.69) is 5.32 Å². The minimum Gasteiger partial charge on any atom is -0.394 e. The van der Waals surface area contributed by atoms with Crippen LogP contribution >= 0.6 is 0 Å². The molecule has 0 spiro atoms. The van der Waals surface area contributed by atoms with Gasteiger partial charge in [-0.15, -0.1) is 0 Å². The molecule has 1 aromatic carbocycles. The van der Waals surface area contributed by atoms with Crippen LogP contribution in [0.2, 0.25) is 0 Å². The van der Waals surface area contributed by atoms with Gasteiger partial charge in [0.2, 0.25) is 0 Å². The van der Waals surface area contributed by atoms with Crippen LogP contribution in [0.1, 0.15) is 30.6 Å². The second kappa shape index (κ2) is 7.22. The van der Waals surface area contributed by atoms with Gasteiger partial charge in [0.1, 0.15) is 0 Å². The number of aliphatic hydroxyl groups excluding tert-OH is 3. The molecule has 1 rings (SSSR count). The highest BCUT2D eigenvalue weighted by Crippen LogP contribution is 2.30. The zero-order valence-electron chi connectivity index (χ0n) is 11.7. The third kappa shape index (κ3) is 4.67. The third-order valence-corrected chi connectivity index (χ3v) is 3.55. The highest BCUT2D eigenvalue weighted by Gasteiger charge is 2.31. The lowest BCUT2D eigenvalue weighted by Crippen LogP contribution is -2.52. The van der Waals surface area contributed by atoms with Crippen LogP contribution in [0.15, 0.2) is 24.3 Å². The first-order chi connectivity index (χ1) is 9.78. The minimum absolute atomic E-state index is 0.0731. The van der Waals surface area contributed by atoms with Gasteiger partial charge in [-0.1, -0.05) is 19.1 Å². The molecule has 0 radical (unpaired) electrons. The molecule has 0 fully saturated rings. The van der Waals surface area contributed by atoms with Gasteiger partial charge in [0, 0.05) is 6.54 Å². The number of hydrogen-bond acceptors (Lipinski definition) is 4. The molecule has 1 aromatic rings. The first-order valence-electron chi connectivity index (χ1n) is 6.60. The summed E-state index contributed by atoms with van der Waals surface area (Å²) in [6.07, 6.45) is -5.22. The van der Waals surface area contributed by atoms with Gasteiger partial charge in [-0.3, -0.25) is 0 Å². The van der Waals surface area contributed by atoms with E-state index in [9.17, 15) is 28.5 Å². The maximum absolute atomic E-state index is 12.6. The van der Waals surface area contributed by atoms with Gasteiger partial charge in [0.15, 0.2) is 0 Å². The normalized spacial score (nSPS) is 14.2. The number of benzene rings is 1. The fourth-order valence-electron chi connectivity index (χ4n) is 1.86. The van der Waals surface area contributed by atoms with Crippen molar-refractivity contribution >= 4 is 0 Å². The number of alkyl halides is 3. The summed E-state index contributed by atoms with van der Waals surface area (Å²) in [4.78, 5) is 0. The van der Waals surface area contributed by atoms with Crippen LogP contribution in [0.25, 0.3) is 0 Å². The topological polar surface area (TPSA) is 72.7 Å². The van der Waals surface area contributed by atoms with E-state index in [-0.39, 0.29) is 25.3 Å². The van der Waals surface area contributed by atoms with Gasteiger partial charge < -0.3 is 20.6 Å². The van der Waals surface area contributed by atoms with Gasteiger partial charge in [-0.25, -0.2) is 0 Å². The molecule has 0 saturated heterocycles. The van der Waals surface area contributed by atoms with E-state index in [1.54, 1.807) is 6.92 Å². The molecule has 0 amide bonds. The van der Waals surface area contributed by atoms with E-state index in [0.717, 1.165) is 12.1 Å². The summed E-state index contributed by atoms with van der Waals surface area (Å²) in [5, 5.41) is 31.3. The molecule has 1 unspecified atom stereocenters. The van der Waals surface area contributed by atoms with E-state index < -0.39 is 23.4 Å². The summed E-state index contributed by atoms with van der Waals surface area (Å²) in [6.45, 7) is 0.997. The Morgan fingerprint density at radius 2 is 1.81 bits per heavy atom. The number of hydrogen-bond donors (Lipinski definition) is 4. The molecule has 7 heteroatoms. The number of rotatable bonds is 7. The largest absolute Gasteiger partial charge is 0.416 e. The lowest BCUT2D eigenvalue weighted by atomic mass is 9.97. The number of aliphatic hydroxyl groups is 3. The Hall–Kier alpha value is -1.15. The van der Waals surface area contributed by atoms with Crippen LogP contribution in [0.3, 0.4) is 0 Å². The molecule has 4 nitrogen and oxygen atoms in total.